The number of nitro groups is 1. The van der Waals surface area contributed by atoms with Crippen molar-refractivity contribution in [3.8, 4) is 0 Å². The molecule has 3 unspecified atom stereocenters. The molecule has 1 saturated heterocycles. The highest BCUT2D eigenvalue weighted by atomic mass is 16.6. The minimum Gasteiger partial charge on any atom is -0.481 e. The Morgan fingerprint density at radius 2 is 1.73 bits per heavy atom. The van der Waals surface area contributed by atoms with Crippen LogP contribution >= 0.6 is 0 Å². The number of carboxylic acids is 1. The van der Waals surface area contributed by atoms with E-state index >= 15 is 0 Å². The summed E-state index contributed by atoms with van der Waals surface area (Å²) in [6.45, 7) is 3.64. The van der Waals surface area contributed by atoms with Gasteiger partial charge < -0.3 is 10.2 Å². The predicted octanol–water partition coefficient (Wildman–Crippen LogP) is 4.42. The normalized spacial score (nSPS) is 26.1. The Hall–Kier alpha value is -3.26. The van der Waals surface area contributed by atoms with Crippen molar-refractivity contribution in [3.05, 3.63) is 69.8 Å². The Bertz CT molecular complexity index is 972. The first-order valence-corrected chi connectivity index (χ1v) is 9.79. The van der Waals surface area contributed by atoms with Gasteiger partial charge in [0.1, 0.15) is 24.2 Å². The number of nitro benzene ring substituents is 1. The zero-order chi connectivity index (χ0) is 22.1. The molecule has 30 heavy (non-hydrogen) atoms. The van der Waals surface area contributed by atoms with Gasteiger partial charge >= 0.3 is 12.1 Å². The van der Waals surface area contributed by atoms with Crippen LogP contribution < -0.4 is 4.48 Å². The van der Waals surface area contributed by atoms with Crippen LogP contribution in [0.25, 0.3) is 0 Å². The Labute approximate surface area is 174 Å². The van der Waals surface area contributed by atoms with E-state index in [9.17, 15) is 29.9 Å². The van der Waals surface area contributed by atoms with Gasteiger partial charge in [0.2, 0.25) is 0 Å². The van der Waals surface area contributed by atoms with Gasteiger partial charge in [-0.25, -0.2) is 0 Å². The molecule has 1 amide bonds. The zero-order valence-corrected chi connectivity index (χ0v) is 16.9. The van der Waals surface area contributed by atoms with Crippen LogP contribution in [-0.2, 0) is 11.2 Å². The molecule has 0 aliphatic carbocycles. The van der Waals surface area contributed by atoms with Crippen molar-refractivity contribution >= 4 is 23.4 Å². The van der Waals surface area contributed by atoms with Crippen molar-refractivity contribution in [2.24, 2.45) is 5.41 Å². The SMILES string of the molecule is CCc1ccc(C2CC(C)(C(=O)O)C[N+](C(=O)O)(c3ccc([N+](=O)[O-])cc3)C2)cc1. The van der Waals surface area contributed by atoms with Gasteiger partial charge in [0.15, 0.2) is 0 Å². The summed E-state index contributed by atoms with van der Waals surface area (Å²) in [5, 5.41) is 31.1. The number of likely N-dealkylation sites (tertiary alicyclic amines) is 1. The van der Waals surface area contributed by atoms with Crippen molar-refractivity contribution in [1.29, 1.82) is 0 Å². The number of aliphatic carboxylic acids is 1. The zero-order valence-electron chi connectivity index (χ0n) is 16.9. The van der Waals surface area contributed by atoms with Gasteiger partial charge in [0, 0.05) is 30.2 Å². The molecule has 0 saturated carbocycles. The van der Waals surface area contributed by atoms with Crippen molar-refractivity contribution in [2.75, 3.05) is 13.1 Å². The van der Waals surface area contributed by atoms with E-state index in [4.69, 9.17) is 0 Å². The van der Waals surface area contributed by atoms with Gasteiger partial charge in [-0.15, -0.1) is 0 Å². The van der Waals surface area contributed by atoms with Crippen LogP contribution in [0.4, 0.5) is 16.2 Å². The maximum atomic E-state index is 12.5. The maximum absolute atomic E-state index is 12.5. The van der Waals surface area contributed by atoms with Crippen LogP contribution in [0.1, 0.15) is 37.3 Å². The lowest BCUT2D eigenvalue weighted by Crippen LogP contribution is -2.65. The van der Waals surface area contributed by atoms with Gasteiger partial charge in [-0.3, -0.25) is 14.9 Å². The Balaban J connectivity index is 2.11. The predicted molar refractivity (Wildman–Crippen MR) is 112 cm³/mol. The van der Waals surface area contributed by atoms with E-state index in [0.29, 0.717) is 12.1 Å². The first-order valence-electron chi connectivity index (χ1n) is 9.79. The second-order valence-corrected chi connectivity index (χ2v) is 8.23. The third-order valence-electron chi connectivity index (χ3n) is 6.14. The lowest BCUT2D eigenvalue weighted by Gasteiger charge is -2.45. The fourth-order valence-electron chi connectivity index (χ4n) is 4.43. The molecule has 0 aromatic heterocycles. The molecule has 1 aliphatic heterocycles. The molecule has 8 nitrogen and oxygen atoms in total. The fourth-order valence-corrected chi connectivity index (χ4v) is 4.43. The first kappa shape index (κ1) is 21.4. The third kappa shape index (κ3) is 3.78. The topological polar surface area (TPSA) is 118 Å². The highest BCUT2D eigenvalue weighted by Crippen LogP contribution is 2.44. The van der Waals surface area contributed by atoms with Crippen LogP contribution in [0.5, 0.6) is 0 Å². The minimum absolute atomic E-state index is 0.140. The number of carbonyl (C=O) groups is 2. The highest BCUT2D eigenvalue weighted by molar-refractivity contribution is 5.84. The van der Waals surface area contributed by atoms with Crippen molar-refractivity contribution < 1.29 is 24.7 Å². The fraction of sp³-hybridized carbons (Fsp3) is 0.364. The molecule has 2 N–H and O–H groups in total. The number of piperidine rings is 1. The Morgan fingerprint density at radius 1 is 1.13 bits per heavy atom. The molecular formula is C22H25N2O6+. The van der Waals surface area contributed by atoms with Gasteiger partial charge in [-0.2, -0.15) is 9.28 Å². The number of non-ortho nitro benzene ring substituents is 1. The van der Waals surface area contributed by atoms with E-state index in [0.717, 1.165) is 17.5 Å². The number of carboxylic acid groups (broad SMARTS) is 2. The van der Waals surface area contributed by atoms with Crippen molar-refractivity contribution in [3.63, 3.8) is 0 Å². The molecule has 2 aromatic rings. The molecule has 8 heteroatoms. The van der Waals surface area contributed by atoms with E-state index in [1.165, 1.54) is 24.3 Å². The molecule has 0 bridgehead atoms. The summed E-state index contributed by atoms with van der Waals surface area (Å²) in [6.07, 6.45) is 0.00949. The summed E-state index contributed by atoms with van der Waals surface area (Å²) in [5.74, 6) is -1.35. The van der Waals surface area contributed by atoms with Crippen molar-refractivity contribution in [1.82, 2.24) is 4.48 Å². The minimum atomic E-state index is -1.27. The number of rotatable bonds is 5. The first-order chi connectivity index (χ1) is 14.1. The Kier molecular flexibility index (Phi) is 5.63. The monoisotopic (exact) mass is 413 g/mol. The van der Waals surface area contributed by atoms with Crippen LogP contribution in [0.3, 0.4) is 0 Å². The standard InChI is InChI=1S/C22H24N2O6/c1-3-15-4-6-16(7-5-15)17-12-22(2,20(25)26)14-24(13-17,21(27)28)19-10-8-18(9-11-19)23(29)30/h4-11,17H,3,12-14H2,1-2H3,(H-,25,26,27,28)/p+1. The number of quaternary nitrogens is 1. The number of amides is 1. The molecule has 1 aliphatic rings. The molecule has 1 fully saturated rings. The van der Waals surface area contributed by atoms with Gasteiger partial charge in [0.05, 0.1) is 4.92 Å². The lowest BCUT2D eigenvalue weighted by atomic mass is 9.73. The van der Waals surface area contributed by atoms with Crippen LogP contribution in [-0.4, -0.2) is 40.3 Å². The molecule has 158 valence electrons. The summed E-state index contributed by atoms with van der Waals surface area (Å²) < 4.78 is -0.596. The summed E-state index contributed by atoms with van der Waals surface area (Å²) >= 11 is 0. The number of hydrogen-bond donors (Lipinski definition) is 2. The van der Waals surface area contributed by atoms with E-state index in [-0.39, 0.29) is 24.7 Å². The summed E-state index contributed by atoms with van der Waals surface area (Å²) in [6, 6.07) is 13.2. The molecule has 3 rings (SSSR count). The van der Waals surface area contributed by atoms with Crippen molar-refractivity contribution in [2.45, 2.75) is 32.6 Å². The largest absolute Gasteiger partial charge is 0.518 e. The van der Waals surface area contributed by atoms with Crippen LogP contribution in [0, 0.1) is 15.5 Å². The molecular weight excluding hydrogens is 388 g/mol. The average Bonchev–Trinajstić information content (AvgIpc) is 2.73. The van der Waals surface area contributed by atoms with E-state index in [1.807, 2.05) is 31.2 Å². The van der Waals surface area contributed by atoms with E-state index in [1.54, 1.807) is 6.92 Å². The smallest absolute Gasteiger partial charge is 0.481 e. The maximum Gasteiger partial charge on any atom is 0.518 e. The molecule has 0 radical (unpaired) electrons. The summed E-state index contributed by atoms with van der Waals surface area (Å²) in [7, 11) is 0. The third-order valence-corrected chi connectivity index (χ3v) is 6.14. The second kappa shape index (κ2) is 7.87. The summed E-state index contributed by atoms with van der Waals surface area (Å²) in [5.41, 5.74) is 0.948. The van der Waals surface area contributed by atoms with E-state index < -0.39 is 26.9 Å². The number of hydrogen-bond acceptors (Lipinski definition) is 4. The Morgan fingerprint density at radius 3 is 2.20 bits per heavy atom. The second-order valence-electron chi connectivity index (χ2n) is 8.23. The van der Waals surface area contributed by atoms with Crippen LogP contribution in [0.2, 0.25) is 0 Å². The van der Waals surface area contributed by atoms with Gasteiger partial charge in [0.25, 0.3) is 5.69 Å². The molecule has 3 atom stereocenters. The molecule has 1 heterocycles. The highest BCUT2D eigenvalue weighted by Gasteiger charge is 2.56. The van der Waals surface area contributed by atoms with E-state index in [2.05, 4.69) is 0 Å². The number of aryl methyl sites for hydroxylation is 1. The lowest BCUT2D eigenvalue weighted by molar-refractivity contribution is -0.384. The molecule has 0 spiro atoms. The number of benzene rings is 2. The quantitative estimate of drug-likeness (QED) is 0.426. The average molecular weight is 413 g/mol. The van der Waals surface area contributed by atoms with Gasteiger partial charge in [-0.05, 0) is 30.9 Å². The van der Waals surface area contributed by atoms with Gasteiger partial charge in [-0.1, -0.05) is 31.2 Å². The van der Waals surface area contributed by atoms with Crippen LogP contribution in [0.15, 0.2) is 48.5 Å². The number of nitrogens with zero attached hydrogens (tertiary/aromatic N) is 2. The molecule has 2 aromatic carbocycles. The summed E-state index contributed by atoms with van der Waals surface area (Å²) in [4.78, 5) is 35.1.